The summed E-state index contributed by atoms with van der Waals surface area (Å²) in [4.78, 5) is 0. The van der Waals surface area contributed by atoms with Crippen molar-refractivity contribution in [1.29, 1.82) is 0 Å². The molecule has 0 heterocycles. The van der Waals surface area contributed by atoms with Gasteiger partial charge in [0.15, 0.2) is 6.79 Å². The second kappa shape index (κ2) is 10.1. The zero-order valence-electron chi connectivity index (χ0n) is 16.7. The Morgan fingerprint density at radius 3 is 2.42 bits per heavy atom. The van der Waals surface area contributed by atoms with Crippen LogP contribution in [-0.2, 0) is 16.4 Å². The van der Waals surface area contributed by atoms with E-state index in [1.54, 1.807) is 7.11 Å². The van der Waals surface area contributed by atoms with Crippen LogP contribution in [0.4, 0.5) is 0 Å². The van der Waals surface area contributed by atoms with Crippen molar-refractivity contribution < 1.29 is 9.47 Å². The predicted octanol–water partition coefficient (Wildman–Crippen LogP) is 4.72. The Kier molecular flexibility index (Phi) is 8.09. The Morgan fingerprint density at radius 1 is 1.04 bits per heavy atom. The van der Waals surface area contributed by atoms with Gasteiger partial charge in [0.05, 0.1) is 0 Å². The fraction of sp³-hybridized carbons (Fsp3) is 0.455. The third kappa shape index (κ3) is 4.65. The van der Waals surface area contributed by atoms with E-state index in [2.05, 4.69) is 68.6 Å². The predicted molar refractivity (Wildman–Crippen MR) is 113 cm³/mol. The van der Waals surface area contributed by atoms with Gasteiger partial charge in [0.2, 0.25) is 0 Å². The van der Waals surface area contributed by atoms with Crippen LogP contribution in [0, 0.1) is 6.92 Å². The second-order valence-corrected chi connectivity index (χ2v) is 8.35. The zero-order chi connectivity index (χ0) is 19.0. The van der Waals surface area contributed by atoms with Gasteiger partial charge < -0.3 is 14.8 Å². The van der Waals surface area contributed by atoms with E-state index in [-0.39, 0.29) is 11.9 Å². The highest BCUT2D eigenvalue weighted by atomic mass is 31.1. The van der Waals surface area contributed by atoms with E-state index in [4.69, 9.17) is 9.47 Å². The number of nitrogens with one attached hydrogen (secondary N) is 1. The van der Waals surface area contributed by atoms with Crippen molar-refractivity contribution in [2.24, 2.45) is 0 Å². The first kappa shape index (κ1) is 20.9. The molecule has 0 fully saturated rings. The van der Waals surface area contributed by atoms with Crippen molar-refractivity contribution in [3.63, 3.8) is 0 Å². The van der Waals surface area contributed by atoms with Crippen LogP contribution in [-0.4, -0.2) is 21.0 Å². The summed E-state index contributed by atoms with van der Waals surface area (Å²) < 4.78 is 11.2. The fourth-order valence-electron chi connectivity index (χ4n) is 3.46. The Bertz CT molecular complexity index is 698. The number of methoxy groups -OCH3 is 1. The van der Waals surface area contributed by atoms with Gasteiger partial charge >= 0.3 is 0 Å². The Labute approximate surface area is 160 Å². The van der Waals surface area contributed by atoms with Crippen LogP contribution >= 0.6 is 8.58 Å². The summed E-state index contributed by atoms with van der Waals surface area (Å²) in [5, 5.41) is 4.80. The van der Waals surface area contributed by atoms with Crippen LogP contribution in [0.15, 0.2) is 42.5 Å². The molecular formula is C22H32NO2P. The molecule has 0 radical (unpaired) electrons. The quantitative estimate of drug-likeness (QED) is 0.483. The maximum atomic E-state index is 6.01. The largest absolute Gasteiger partial charge is 0.467 e. The van der Waals surface area contributed by atoms with Crippen molar-refractivity contribution in [1.82, 2.24) is 5.32 Å². The first-order valence-corrected chi connectivity index (χ1v) is 10.3. The molecule has 2 rings (SSSR count). The second-order valence-electron chi connectivity index (χ2n) is 6.60. The third-order valence-corrected chi connectivity index (χ3v) is 7.23. The van der Waals surface area contributed by atoms with Crippen LogP contribution in [0.2, 0.25) is 0 Å². The topological polar surface area (TPSA) is 30.5 Å². The maximum Gasteiger partial charge on any atom is 0.188 e. The number of ether oxygens (including phenoxy) is 2. The minimum absolute atomic E-state index is 0.0684. The van der Waals surface area contributed by atoms with Crippen molar-refractivity contribution in [3.05, 3.63) is 59.2 Å². The lowest BCUT2D eigenvalue weighted by Gasteiger charge is -2.35. The summed E-state index contributed by atoms with van der Waals surface area (Å²) in [7, 11) is 4.36. The average Bonchev–Trinajstić information content (AvgIpc) is 2.67. The van der Waals surface area contributed by atoms with Crippen LogP contribution in [0.5, 0.6) is 5.75 Å². The Morgan fingerprint density at radius 2 is 1.77 bits per heavy atom. The van der Waals surface area contributed by atoms with Gasteiger partial charge in [0, 0.05) is 24.4 Å². The lowest BCUT2D eigenvalue weighted by atomic mass is 9.90. The minimum atomic E-state index is 0.0684. The highest BCUT2D eigenvalue weighted by Crippen LogP contribution is 2.50. The summed E-state index contributed by atoms with van der Waals surface area (Å²) in [5.74, 6) is 0.983. The van der Waals surface area contributed by atoms with E-state index < -0.39 is 0 Å². The van der Waals surface area contributed by atoms with Gasteiger partial charge in [-0.2, -0.15) is 0 Å². The van der Waals surface area contributed by atoms with E-state index in [1.807, 2.05) is 7.05 Å². The van der Waals surface area contributed by atoms with E-state index in [9.17, 15) is 0 Å². The van der Waals surface area contributed by atoms with Gasteiger partial charge in [-0.3, -0.25) is 0 Å². The van der Waals surface area contributed by atoms with E-state index in [1.165, 1.54) is 22.0 Å². The minimum Gasteiger partial charge on any atom is -0.467 e. The van der Waals surface area contributed by atoms with Crippen molar-refractivity contribution in [2.75, 3.05) is 21.0 Å². The lowest BCUT2D eigenvalue weighted by Crippen LogP contribution is -2.25. The van der Waals surface area contributed by atoms with Gasteiger partial charge in [-0.1, -0.05) is 64.9 Å². The molecule has 2 aromatic rings. The number of para-hydroxylation sites is 1. The summed E-state index contributed by atoms with van der Waals surface area (Å²) in [6, 6.07) is 15.3. The molecule has 1 atom stereocenters. The smallest absolute Gasteiger partial charge is 0.188 e. The summed E-state index contributed by atoms with van der Waals surface area (Å²) in [5.41, 5.74) is 3.85. The van der Waals surface area contributed by atoms with Crippen molar-refractivity contribution in [2.45, 2.75) is 45.3 Å². The van der Waals surface area contributed by atoms with Crippen molar-refractivity contribution >= 4 is 13.9 Å². The first-order chi connectivity index (χ1) is 12.6. The molecule has 0 aliphatic carbocycles. The zero-order valence-corrected chi connectivity index (χ0v) is 17.7. The van der Waals surface area contributed by atoms with Gasteiger partial charge in [-0.05, 0) is 43.2 Å². The molecule has 0 saturated heterocycles. The van der Waals surface area contributed by atoms with Crippen LogP contribution in [0.1, 0.15) is 43.4 Å². The van der Waals surface area contributed by atoms with E-state index in [0.717, 1.165) is 25.1 Å². The molecule has 0 bridgehead atoms. The van der Waals surface area contributed by atoms with E-state index >= 15 is 0 Å². The summed E-state index contributed by atoms with van der Waals surface area (Å²) >= 11 is 0. The van der Waals surface area contributed by atoms with Gasteiger partial charge in [0.1, 0.15) is 5.75 Å². The Hall–Kier alpha value is -1.41. The molecule has 26 heavy (non-hydrogen) atoms. The van der Waals surface area contributed by atoms with Gasteiger partial charge in [0.25, 0.3) is 0 Å². The molecular weight excluding hydrogens is 341 g/mol. The van der Waals surface area contributed by atoms with Gasteiger partial charge in [-0.15, -0.1) is 0 Å². The number of hydrogen-bond donors (Lipinski definition) is 1. The molecule has 0 saturated carbocycles. The Balaban J connectivity index is 2.50. The number of hydrogen-bond acceptors (Lipinski definition) is 3. The van der Waals surface area contributed by atoms with Gasteiger partial charge in [-0.25, -0.2) is 0 Å². The summed E-state index contributed by atoms with van der Waals surface area (Å²) in [6.45, 7) is 7.87. The maximum absolute atomic E-state index is 6.01. The molecule has 0 spiro atoms. The molecule has 1 N–H and O–H groups in total. The monoisotopic (exact) mass is 373 g/mol. The first-order valence-electron chi connectivity index (χ1n) is 9.34. The molecule has 142 valence electrons. The molecule has 2 aromatic carbocycles. The molecule has 1 unspecified atom stereocenters. The van der Waals surface area contributed by atoms with Crippen LogP contribution in [0.3, 0.4) is 0 Å². The molecule has 0 aliphatic rings. The molecule has 0 amide bonds. The SMILES string of the molecule is CCC(CC)(Pc1ccccc1CNC)c1cccc(C)c1OCOC. The standard InChI is InChI=1S/C22H32NO2P/c1-6-22(7-2,26-20-14-9-8-12-18(20)15-23-4)19-13-10-11-17(3)21(19)25-16-24-5/h8-14,23,26H,6-7,15-16H2,1-5H3. The average molecular weight is 373 g/mol. The normalized spacial score (nSPS) is 12.0. The number of benzene rings is 2. The number of rotatable bonds is 10. The van der Waals surface area contributed by atoms with E-state index in [0.29, 0.717) is 8.58 Å². The lowest BCUT2D eigenvalue weighted by molar-refractivity contribution is 0.0494. The number of aryl methyl sites for hydroxylation is 1. The van der Waals surface area contributed by atoms with Crippen LogP contribution < -0.4 is 15.4 Å². The van der Waals surface area contributed by atoms with Crippen LogP contribution in [0.25, 0.3) is 0 Å². The van der Waals surface area contributed by atoms with Crippen molar-refractivity contribution in [3.8, 4) is 5.75 Å². The third-order valence-electron chi connectivity index (χ3n) is 5.01. The molecule has 0 aromatic heterocycles. The molecule has 4 heteroatoms. The fourth-order valence-corrected chi connectivity index (χ4v) is 5.17. The highest BCUT2D eigenvalue weighted by molar-refractivity contribution is 7.48. The molecule has 0 aliphatic heterocycles. The highest BCUT2D eigenvalue weighted by Gasteiger charge is 2.33. The summed E-state index contributed by atoms with van der Waals surface area (Å²) in [6.07, 6.45) is 2.14. The molecule has 3 nitrogen and oxygen atoms in total.